The fourth-order valence-electron chi connectivity index (χ4n) is 3.11. The van der Waals surface area contributed by atoms with Crippen molar-refractivity contribution in [1.29, 1.82) is 0 Å². The second-order valence-electron chi connectivity index (χ2n) is 6.17. The zero-order valence-corrected chi connectivity index (χ0v) is 15.1. The number of nitrogens with two attached hydrogens (primary N) is 1. The lowest BCUT2D eigenvalue weighted by Crippen LogP contribution is -2.15. The predicted octanol–water partition coefficient (Wildman–Crippen LogP) is 2.89. The molecule has 8 heteroatoms. The summed E-state index contributed by atoms with van der Waals surface area (Å²) in [4.78, 5) is 4.43. The molecule has 0 fully saturated rings. The average molecular weight is 367 g/mol. The smallest absolute Gasteiger partial charge is 0.245 e. The lowest BCUT2D eigenvalue weighted by molar-refractivity contribution is 0.597. The molecule has 7 nitrogen and oxygen atoms in total. The molecule has 0 amide bonds. The number of primary sulfonamides is 1. The molecule has 0 saturated heterocycles. The minimum absolute atomic E-state index is 0.0816. The van der Waals surface area contributed by atoms with Crippen molar-refractivity contribution in [2.24, 2.45) is 5.14 Å². The van der Waals surface area contributed by atoms with Crippen LogP contribution in [0, 0.1) is 13.8 Å². The van der Waals surface area contributed by atoms with Crippen molar-refractivity contribution in [1.82, 2.24) is 14.6 Å². The van der Waals surface area contributed by atoms with Gasteiger partial charge in [0.15, 0.2) is 0 Å². The number of benzene rings is 2. The molecule has 0 saturated carbocycles. The third-order valence-corrected chi connectivity index (χ3v) is 5.45. The number of anilines is 2. The van der Waals surface area contributed by atoms with E-state index in [0.29, 0.717) is 17.2 Å². The van der Waals surface area contributed by atoms with Gasteiger partial charge in [0, 0.05) is 11.1 Å². The first-order valence-electron chi connectivity index (χ1n) is 7.98. The third-order valence-electron chi connectivity index (χ3n) is 4.39. The minimum atomic E-state index is -3.81. The van der Waals surface area contributed by atoms with E-state index in [1.165, 1.54) is 6.07 Å². The molecule has 0 aliphatic heterocycles. The maximum absolute atomic E-state index is 11.8. The quantitative estimate of drug-likeness (QED) is 0.580. The van der Waals surface area contributed by atoms with Crippen LogP contribution in [0.2, 0.25) is 0 Å². The molecule has 0 bridgehead atoms. The van der Waals surface area contributed by atoms with Gasteiger partial charge in [-0.15, -0.1) is 5.10 Å². The number of aryl methyl sites for hydroxylation is 1. The Labute approximate surface area is 150 Å². The van der Waals surface area contributed by atoms with Crippen LogP contribution in [0.25, 0.3) is 16.4 Å². The average Bonchev–Trinajstić information content (AvgIpc) is 2.95. The van der Waals surface area contributed by atoms with E-state index in [2.05, 4.69) is 15.4 Å². The standard InChI is InChI=1S/C18H17N5O2S/c1-11-7-8-16(26(19,24)25)12(2)17(11)21-18-20-10-14-9-13-5-3-4-6-15(13)23(14)22-18/h3-10H,1-2H3,(H,21,22)(H2,19,24,25). The first-order valence-corrected chi connectivity index (χ1v) is 9.53. The van der Waals surface area contributed by atoms with E-state index in [1.54, 1.807) is 23.7 Å². The number of para-hydroxylation sites is 1. The lowest BCUT2D eigenvalue weighted by atomic mass is 10.1. The minimum Gasteiger partial charge on any atom is -0.322 e. The van der Waals surface area contributed by atoms with Crippen LogP contribution in [0.1, 0.15) is 11.1 Å². The summed E-state index contributed by atoms with van der Waals surface area (Å²) in [7, 11) is -3.81. The van der Waals surface area contributed by atoms with E-state index in [9.17, 15) is 8.42 Å². The van der Waals surface area contributed by atoms with Gasteiger partial charge in [-0.05, 0) is 43.2 Å². The highest BCUT2D eigenvalue weighted by Crippen LogP contribution is 2.28. The van der Waals surface area contributed by atoms with Gasteiger partial charge in [0.2, 0.25) is 16.0 Å². The highest BCUT2D eigenvalue weighted by atomic mass is 32.2. The van der Waals surface area contributed by atoms with Gasteiger partial charge in [-0.25, -0.2) is 23.1 Å². The fraction of sp³-hybridized carbons (Fsp3) is 0.111. The van der Waals surface area contributed by atoms with Gasteiger partial charge in [0.05, 0.1) is 22.1 Å². The molecular formula is C18H17N5O2S. The van der Waals surface area contributed by atoms with Gasteiger partial charge in [0.1, 0.15) is 0 Å². The molecule has 0 aliphatic carbocycles. The van der Waals surface area contributed by atoms with E-state index in [1.807, 2.05) is 37.3 Å². The Balaban J connectivity index is 1.84. The second kappa shape index (κ2) is 5.79. The van der Waals surface area contributed by atoms with E-state index in [-0.39, 0.29) is 4.90 Å². The molecule has 2 heterocycles. The Morgan fingerprint density at radius 3 is 2.65 bits per heavy atom. The highest BCUT2D eigenvalue weighted by Gasteiger charge is 2.17. The van der Waals surface area contributed by atoms with Gasteiger partial charge >= 0.3 is 0 Å². The van der Waals surface area contributed by atoms with Crippen LogP contribution < -0.4 is 10.5 Å². The van der Waals surface area contributed by atoms with Gasteiger partial charge < -0.3 is 5.32 Å². The first-order chi connectivity index (χ1) is 12.3. The molecule has 4 aromatic rings. The number of rotatable bonds is 3. The van der Waals surface area contributed by atoms with Crippen LogP contribution in [-0.2, 0) is 10.0 Å². The molecule has 0 radical (unpaired) electrons. The Morgan fingerprint density at radius 1 is 1.12 bits per heavy atom. The Morgan fingerprint density at radius 2 is 1.88 bits per heavy atom. The van der Waals surface area contributed by atoms with E-state index >= 15 is 0 Å². The van der Waals surface area contributed by atoms with E-state index < -0.39 is 10.0 Å². The molecular weight excluding hydrogens is 350 g/mol. The van der Waals surface area contributed by atoms with Gasteiger partial charge in [0.25, 0.3) is 0 Å². The number of aromatic nitrogens is 3. The van der Waals surface area contributed by atoms with E-state index in [0.717, 1.165) is 22.0 Å². The summed E-state index contributed by atoms with van der Waals surface area (Å²) in [5.41, 5.74) is 3.89. The molecule has 0 unspecified atom stereocenters. The number of nitrogens with one attached hydrogen (secondary N) is 1. The van der Waals surface area contributed by atoms with Crippen molar-refractivity contribution < 1.29 is 8.42 Å². The summed E-state index contributed by atoms with van der Waals surface area (Å²) in [5.74, 6) is 0.372. The molecule has 2 aromatic carbocycles. The first kappa shape index (κ1) is 16.5. The van der Waals surface area contributed by atoms with Crippen molar-refractivity contribution in [3.8, 4) is 0 Å². The lowest BCUT2D eigenvalue weighted by Gasteiger charge is -2.14. The summed E-state index contributed by atoms with van der Waals surface area (Å²) in [5, 5.41) is 14.1. The molecule has 0 atom stereocenters. The summed E-state index contributed by atoms with van der Waals surface area (Å²) in [6.45, 7) is 3.59. The van der Waals surface area contributed by atoms with Crippen molar-refractivity contribution in [2.45, 2.75) is 18.7 Å². The largest absolute Gasteiger partial charge is 0.322 e. The van der Waals surface area contributed by atoms with Crippen LogP contribution in [0.5, 0.6) is 0 Å². The third kappa shape index (κ3) is 2.69. The predicted molar refractivity (Wildman–Crippen MR) is 101 cm³/mol. The normalized spacial score (nSPS) is 12.0. The molecule has 0 spiro atoms. The molecule has 0 aliphatic rings. The Kier molecular flexibility index (Phi) is 3.67. The second-order valence-corrected chi connectivity index (χ2v) is 7.70. The van der Waals surface area contributed by atoms with Crippen LogP contribution in [0.3, 0.4) is 0 Å². The summed E-state index contributed by atoms with van der Waals surface area (Å²) >= 11 is 0. The number of hydrogen-bond donors (Lipinski definition) is 2. The number of sulfonamides is 1. The molecule has 132 valence electrons. The number of hydrogen-bond acceptors (Lipinski definition) is 5. The van der Waals surface area contributed by atoms with Crippen molar-refractivity contribution >= 4 is 38.1 Å². The van der Waals surface area contributed by atoms with Crippen molar-refractivity contribution in [2.75, 3.05) is 5.32 Å². The zero-order chi connectivity index (χ0) is 18.5. The fourth-order valence-corrected chi connectivity index (χ4v) is 3.90. The summed E-state index contributed by atoms with van der Waals surface area (Å²) < 4.78 is 25.3. The van der Waals surface area contributed by atoms with Crippen LogP contribution >= 0.6 is 0 Å². The Hall–Kier alpha value is -2.97. The number of fused-ring (bicyclic) bond motifs is 3. The Bertz CT molecular complexity index is 1260. The molecule has 3 N–H and O–H groups in total. The molecule has 2 aromatic heterocycles. The van der Waals surface area contributed by atoms with Crippen molar-refractivity contribution in [3.63, 3.8) is 0 Å². The van der Waals surface area contributed by atoms with E-state index in [4.69, 9.17) is 5.14 Å². The maximum Gasteiger partial charge on any atom is 0.245 e. The topological polar surface area (TPSA) is 102 Å². The van der Waals surface area contributed by atoms with Gasteiger partial charge in [-0.1, -0.05) is 24.3 Å². The zero-order valence-electron chi connectivity index (χ0n) is 14.3. The monoisotopic (exact) mass is 367 g/mol. The summed E-state index contributed by atoms with van der Waals surface area (Å²) in [6.07, 6.45) is 1.73. The highest BCUT2D eigenvalue weighted by molar-refractivity contribution is 7.89. The van der Waals surface area contributed by atoms with Crippen LogP contribution in [0.4, 0.5) is 11.6 Å². The maximum atomic E-state index is 11.8. The molecule has 4 rings (SSSR count). The van der Waals surface area contributed by atoms with Crippen LogP contribution in [0.15, 0.2) is 53.6 Å². The molecule has 26 heavy (non-hydrogen) atoms. The van der Waals surface area contributed by atoms with Crippen molar-refractivity contribution in [3.05, 3.63) is 59.8 Å². The summed E-state index contributed by atoms with van der Waals surface area (Å²) in [6, 6.07) is 13.1. The van der Waals surface area contributed by atoms with Gasteiger partial charge in [-0.3, -0.25) is 0 Å². The van der Waals surface area contributed by atoms with Gasteiger partial charge in [-0.2, -0.15) is 0 Å². The van der Waals surface area contributed by atoms with Crippen LogP contribution in [-0.4, -0.2) is 23.0 Å². The SMILES string of the molecule is Cc1ccc(S(N)(=O)=O)c(C)c1Nc1ncc2cc3ccccc3n2n1. The number of nitrogens with zero attached hydrogens (tertiary/aromatic N) is 3.